The molecule has 25 heavy (non-hydrogen) atoms. The van der Waals surface area contributed by atoms with Crippen LogP contribution in [0.25, 0.3) is 0 Å². The van der Waals surface area contributed by atoms with Gasteiger partial charge in [-0.2, -0.15) is 0 Å². The summed E-state index contributed by atoms with van der Waals surface area (Å²) in [5.74, 6) is -0.681. The molecular formula is C17H17Cl2NO4S. The van der Waals surface area contributed by atoms with Crippen molar-refractivity contribution in [3.05, 3.63) is 63.6 Å². The minimum Gasteiger partial charge on any atom is -0.459 e. The lowest BCUT2D eigenvalue weighted by Gasteiger charge is -2.23. The molecule has 0 saturated heterocycles. The number of carbonyl (C=O) groups excluding carboxylic acids is 1. The predicted octanol–water partition coefficient (Wildman–Crippen LogP) is 3.81. The van der Waals surface area contributed by atoms with Crippen LogP contribution in [0.1, 0.15) is 11.1 Å². The van der Waals surface area contributed by atoms with Crippen molar-refractivity contribution in [2.45, 2.75) is 13.5 Å². The van der Waals surface area contributed by atoms with Gasteiger partial charge in [-0.15, -0.1) is 0 Å². The topological polar surface area (TPSA) is 63.7 Å². The number of ether oxygens (including phenoxy) is 1. The minimum atomic E-state index is -3.64. The Morgan fingerprint density at radius 3 is 2.44 bits per heavy atom. The van der Waals surface area contributed by atoms with Gasteiger partial charge in [-0.3, -0.25) is 9.10 Å². The molecule has 8 heteroatoms. The van der Waals surface area contributed by atoms with E-state index in [0.717, 1.165) is 16.1 Å². The third-order valence-corrected chi connectivity index (χ3v) is 5.17. The highest BCUT2D eigenvalue weighted by Crippen LogP contribution is 2.23. The predicted molar refractivity (Wildman–Crippen MR) is 99.6 cm³/mol. The number of hydrogen-bond donors (Lipinski definition) is 0. The van der Waals surface area contributed by atoms with Gasteiger partial charge < -0.3 is 4.74 Å². The molecule has 0 heterocycles. The molecule has 5 nitrogen and oxygen atoms in total. The zero-order valence-electron chi connectivity index (χ0n) is 13.7. The lowest BCUT2D eigenvalue weighted by molar-refractivity contribution is -0.143. The summed E-state index contributed by atoms with van der Waals surface area (Å²) in [5, 5.41) is 0.849. The summed E-state index contributed by atoms with van der Waals surface area (Å²) in [6.45, 7) is 1.28. The fraction of sp³-hybridized carbons (Fsp3) is 0.235. The number of sulfonamides is 1. The van der Waals surface area contributed by atoms with Crippen LogP contribution in [-0.4, -0.2) is 27.2 Å². The van der Waals surface area contributed by atoms with Gasteiger partial charge in [0.2, 0.25) is 10.0 Å². The minimum absolute atomic E-state index is 0.0692. The van der Waals surface area contributed by atoms with Gasteiger partial charge in [-0.1, -0.05) is 47.5 Å². The van der Waals surface area contributed by atoms with E-state index in [1.54, 1.807) is 49.4 Å². The van der Waals surface area contributed by atoms with Crippen molar-refractivity contribution in [1.29, 1.82) is 0 Å². The van der Waals surface area contributed by atoms with Crippen molar-refractivity contribution < 1.29 is 17.9 Å². The largest absolute Gasteiger partial charge is 0.459 e. The molecule has 0 aliphatic carbocycles. The summed E-state index contributed by atoms with van der Waals surface area (Å²) in [5.41, 5.74) is 1.76. The smallest absolute Gasteiger partial charge is 0.327 e. The summed E-state index contributed by atoms with van der Waals surface area (Å²) >= 11 is 11.8. The number of carbonyl (C=O) groups is 1. The van der Waals surface area contributed by atoms with Crippen molar-refractivity contribution in [3.8, 4) is 0 Å². The Labute approximate surface area is 157 Å². The van der Waals surface area contributed by atoms with Gasteiger partial charge in [0.1, 0.15) is 13.2 Å². The van der Waals surface area contributed by atoms with Crippen LogP contribution in [0.15, 0.2) is 42.5 Å². The van der Waals surface area contributed by atoms with Crippen LogP contribution in [0.5, 0.6) is 0 Å². The van der Waals surface area contributed by atoms with Gasteiger partial charge in [-0.05, 0) is 30.7 Å². The molecule has 0 radical (unpaired) electrons. The van der Waals surface area contributed by atoms with Gasteiger partial charge in [-0.25, -0.2) is 8.42 Å². The van der Waals surface area contributed by atoms with E-state index in [4.69, 9.17) is 27.9 Å². The standard InChI is InChI=1S/C17H17Cl2NO4S/c1-12-5-3-4-6-16(12)20(25(2,22)23)10-17(21)24-11-13-7-8-14(18)9-15(13)19/h3-9H,10-11H2,1-2H3. The molecule has 0 amide bonds. The highest BCUT2D eigenvalue weighted by molar-refractivity contribution is 7.92. The van der Waals surface area contributed by atoms with E-state index in [0.29, 0.717) is 21.3 Å². The Morgan fingerprint density at radius 2 is 1.84 bits per heavy atom. The van der Waals surface area contributed by atoms with E-state index >= 15 is 0 Å². The van der Waals surface area contributed by atoms with Crippen LogP contribution in [0.2, 0.25) is 10.0 Å². The van der Waals surface area contributed by atoms with Crippen molar-refractivity contribution in [2.75, 3.05) is 17.1 Å². The Hall–Kier alpha value is -1.76. The highest BCUT2D eigenvalue weighted by atomic mass is 35.5. The van der Waals surface area contributed by atoms with Crippen molar-refractivity contribution in [3.63, 3.8) is 0 Å². The summed E-state index contributed by atoms with van der Waals surface area (Å²) in [4.78, 5) is 12.1. The Morgan fingerprint density at radius 1 is 1.16 bits per heavy atom. The Balaban J connectivity index is 2.11. The van der Waals surface area contributed by atoms with Gasteiger partial charge in [0.05, 0.1) is 11.9 Å². The number of esters is 1. The number of rotatable bonds is 6. The lowest BCUT2D eigenvalue weighted by Crippen LogP contribution is -2.36. The lowest BCUT2D eigenvalue weighted by atomic mass is 10.2. The molecule has 0 atom stereocenters. The van der Waals surface area contributed by atoms with Gasteiger partial charge in [0.15, 0.2) is 0 Å². The van der Waals surface area contributed by atoms with E-state index < -0.39 is 22.5 Å². The molecular weight excluding hydrogens is 385 g/mol. The molecule has 2 aromatic rings. The summed E-state index contributed by atoms with van der Waals surface area (Å²) < 4.78 is 30.3. The molecule has 134 valence electrons. The van der Waals surface area contributed by atoms with Crippen LogP contribution in [0, 0.1) is 6.92 Å². The fourth-order valence-corrected chi connectivity index (χ4v) is 3.55. The maximum absolute atomic E-state index is 12.1. The Bertz CT molecular complexity index is 884. The Kier molecular flexibility index (Phi) is 6.32. The fourth-order valence-electron chi connectivity index (χ4n) is 2.18. The second kappa shape index (κ2) is 8.08. The normalized spacial score (nSPS) is 11.2. The number of para-hydroxylation sites is 1. The number of aryl methyl sites for hydroxylation is 1. The van der Waals surface area contributed by atoms with Gasteiger partial charge in [0.25, 0.3) is 0 Å². The first kappa shape index (κ1) is 19.6. The zero-order chi connectivity index (χ0) is 18.6. The van der Waals surface area contributed by atoms with Crippen LogP contribution in [0.3, 0.4) is 0 Å². The third-order valence-electron chi connectivity index (χ3n) is 3.46. The SMILES string of the molecule is Cc1ccccc1N(CC(=O)OCc1ccc(Cl)cc1Cl)S(C)(=O)=O. The summed E-state index contributed by atoms with van der Waals surface area (Å²) in [7, 11) is -3.64. The average Bonchev–Trinajstić information content (AvgIpc) is 2.51. The van der Waals surface area contributed by atoms with Gasteiger partial charge in [0, 0.05) is 15.6 Å². The molecule has 0 bridgehead atoms. The van der Waals surface area contributed by atoms with Crippen molar-refractivity contribution >= 4 is 44.9 Å². The molecule has 0 fully saturated rings. The maximum Gasteiger partial charge on any atom is 0.327 e. The quantitative estimate of drug-likeness (QED) is 0.690. The summed E-state index contributed by atoms with van der Waals surface area (Å²) in [6, 6.07) is 11.7. The third kappa shape index (κ3) is 5.36. The number of benzene rings is 2. The average molecular weight is 402 g/mol. The first-order valence-corrected chi connectivity index (χ1v) is 9.92. The molecule has 0 saturated carbocycles. The van der Waals surface area contributed by atoms with E-state index in [-0.39, 0.29) is 6.61 Å². The first-order valence-electron chi connectivity index (χ1n) is 7.31. The summed E-state index contributed by atoms with van der Waals surface area (Å²) in [6.07, 6.45) is 1.04. The molecule has 0 aliphatic heterocycles. The molecule has 2 rings (SSSR count). The van der Waals surface area contributed by atoms with Gasteiger partial charge >= 0.3 is 5.97 Å². The molecule has 0 N–H and O–H groups in total. The van der Waals surface area contributed by atoms with E-state index in [1.807, 2.05) is 0 Å². The monoisotopic (exact) mass is 401 g/mol. The maximum atomic E-state index is 12.1. The second-order valence-electron chi connectivity index (χ2n) is 5.45. The van der Waals surface area contributed by atoms with E-state index in [1.165, 1.54) is 0 Å². The highest BCUT2D eigenvalue weighted by Gasteiger charge is 2.23. The van der Waals surface area contributed by atoms with Crippen LogP contribution < -0.4 is 4.31 Å². The number of nitrogens with zero attached hydrogens (tertiary/aromatic N) is 1. The molecule has 2 aromatic carbocycles. The molecule has 0 aliphatic rings. The van der Waals surface area contributed by atoms with Crippen LogP contribution >= 0.6 is 23.2 Å². The van der Waals surface area contributed by atoms with Crippen LogP contribution in [0.4, 0.5) is 5.69 Å². The second-order valence-corrected chi connectivity index (χ2v) is 8.20. The number of anilines is 1. The number of hydrogen-bond acceptors (Lipinski definition) is 4. The molecule has 0 aromatic heterocycles. The van der Waals surface area contributed by atoms with E-state index in [2.05, 4.69) is 0 Å². The number of halogens is 2. The van der Waals surface area contributed by atoms with Crippen molar-refractivity contribution in [2.24, 2.45) is 0 Å². The van der Waals surface area contributed by atoms with Crippen LogP contribution in [-0.2, 0) is 26.2 Å². The molecule has 0 unspecified atom stereocenters. The molecule has 0 spiro atoms. The van der Waals surface area contributed by atoms with Crippen molar-refractivity contribution in [1.82, 2.24) is 0 Å². The zero-order valence-corrected chi connectivity index (χ0v) is 16.0. The first-order chi connectivity index (χ1) is 11.7. The van der Waals surface area contributed by atoms with E-state index in [9.17, 15) is 13.2 Å².